The Morgan fingerprint density at radius 3 is 1.75 bits per heavy atom. The molecule has 6 N–H and O–H groups in total. The maximum absolute atomic E-state index is 2.36. The zero-order chi connectivity index (χ0) is 8.20. The van der Waals surface area contributed by atoms with Gasteiger partial charge in [0.1, 0.15) is 0 Å². The molecule has 0 aromatic rings. The Hall–Kier alpha value is -0.0800. The molecule has 1 unspecified atom stereocenters. The second-order valence-electron chi connectivity index (χ2n) is 4.41. The van der Waals surface area contributed by atoms with Gasteiger partial charge in [-0.2, -0.15) is 0 Å². The van der Waals surface area contributed by atoms with Crippen molar-refractivity contribution >= 4 is 0 Å². The van der Waals surface area contributed by atoms with E-state index in [0.717, 1.165) is 5.92 Å². The van der Waals surface area contributed by atoms with Gasteiger partial charge in [0.05, 0.1) is 0 Å². The summed E-state index contributed by atoms with van der Waals surface area (Å²) in [6.07, 6.45) is 4.11. The molecule has 2 nitrogen and oxygen atoms in total. The van der Waals surface area contributed by atoms with Gasteiger partial charge >= 0.3 is 0 Å². The number of hydrogen-bond donors (Lipinski definition) is 2. The molecule has 0 aromatic heterocycles. The molecule has 0 fully saturated rings. The molecule has 0 aliphatic rings. The fraction of sp³-hybridized carbons (Fsp3) is 1.00. The van der Waals surface area contributed by atoms with Crippen molar-refractivity contribution in [3.63, 3.8) is 0 Å². The van der Waals surface area contributed by atoms with E-state index >= 15 is 0 Å². The Bertz CT molecular complexity index is 84.3. The van der Waals surface area contributed by atoms with Gasteiger partial charge in [-0.15, -0.1) is 0 Å². The van der Waals surface area contributed by atoms with E-state index in [1.54, 1.807) is 0 Å². The van der Waals surface area contributed by atoms with Crippen LogP contribution in [0.25, 0.3) is 0 Å². The van der Waals surface area contributed by atoms with E-state index in [9.17, 15) is 0 Å². The van der Waals surface area contributed by atoms with Crippen molar-refractivity contribution in [1.82, 2.24) is 12.3 Å². The van der Waals surface area contributed by atoms with E-state index in [1.165, 1.54) is 19.3 Å². The SMILES string of the molecule is CCCCC(C)C(C)(C)C.N.N. The molecule has 0 amide bonds. The minimum Gasteiger partial charge on any atom is -0.344 e. The molecule has 0 saturated heterocycles. The average molecular weight is 176 g/mol. The highest BCUT2D eigenvalue weighted by molar-refractivity contribution is 4.69. The van der Waals surface area contributed by atoms with E-state index in [4.69, 9.17) is 0 Å². The molecule has 2 heteroatoms. The standard InChI is InChI=1S/C10H22.2H3N/c1-6-7-8-9(2)10(3,4)5;;/h9H,6-8H2,1-5H3;2*1H3. The topological polar surface area (TPSA) is 70.0 Å². The molecule has 0 aliphatic carbocycles. The molecule has 0 bridgehead atoms. The van der Waals surface area contributed by atoms with Gasteiger partial charge < -0.3 is 12.3 Å². The van der Waals surface area contributed by atoms with Crippen molar-refractivity contribution in [2.45, 2.75) is 53.9 Å². The molecule has 0 aliphatic heterocycles. The normalized spacial score (nSPS) is 12.8. The molecule has 0 heterocycles. The van der Waals surface area contributed by atoms with E-state index < -0.39 is 0 Å². The summed E-state index contributed by atoms with van der Waals surface area (Å²) < 4.78 is 0. The predicted octanol–water partition coefficient (Wildman–Crippen LogP) is 4.18. The average Bonchev–Trinajstić information content (AvgIpc) is 1.80. The Labute approximate surface area is 78.3 Å². The Morgan fingerprint density at radius 1 is 1.08 bits per heavy atom. The third-order valence-corrected chi connectivity index (χ3v) is 2.47. The molecule has 0 aromatic carbocycles. The van der Waals surface area contributed by atoms with Gasteiger partial charge in [-0.1, -0.05) is 53.9 Å². The second-order valence-corrected chi connectivity index (χ2v) is 4.41. The summed E-state index contributed by atoms with van der Waals surface area (Å²) in [5, 5.41) is 0. The van der Waals surface area contributed by atoms with Crippen molar-refractivity contribution in [3.8, 4) is 0 Å². The lowest BCUT2D eigenvalue weighted by atomic mass is 9.79. The highest BCUT2D eigenvalue weighted by Gasteiger charge is 2.18. The quantitative estimate of drug-likeness (QED) is 0.677. The third kappa shape index (κ3) is 8.02. The number of rotatable bonds is 3. The van der Waals surface area contributed by atoms with E-state index in [-0.39, 0.29) is 12.3 Å². The van der Waals surface area contributed by atoms with Crippen molar-refractivity contribution in [3.05, 3.63) is 0 Å². The lowest BCUT2D eigenvalue weighted by molar-refractivity contribution is 0.242. The van der Waals surface area contributed by atoms with E-state index in [2.05, 4.69) is 34.6 Å². The highest BCUT2D eigenvalue weighted by atomic mass is 14.2. The first-order valence-corrected chi connectivity index (χ1v) is 4.48. The third-order valence-electron chi connectivity index (χ3n) is 2.47. The van der Waals surface area contributed by atoms with Crippen LogP contribution < -0.4 is 12.3 Å². The summed E-state index contributed by atoms with van der Waals surface area (Å²) in [6.45, 7) is 11.6. The highest BCUT2D eigenvalue weighted by Crippen LogP contribution is 2.29. The van der Waals surface area contributed by atoms with Gasteiger partial charge in [0.2, 0.25) is 0 Å². The van der Waals surface area contributed by atoms with Crippen LogP contribution in [0.5, 0.6) is 0 Å². The molecule has 1 atom stereocenters. The minimum atomic E-state index is 0. The van der Waals surface area contributed by atoms with Crippen LogP contribution in [0, 0.1) is 11.3 Å². The molecule has 0 spiro atoms. The van der Waals surface area contributed by atoms with Gasteiger partial charge in [-0.25, -0.2) is 0 Å². The van der Waals surface area contributed by atoms with Crippen LogP contribution in [-0.2, 0) is 0 Å². The summed E-state index contributed by atoms with van der Waals surface area (Å²) in [5.41, 5.74) is 0.509. The minimum absolute atomic E-state index is 0. The van der Waals surface area contributed by atoms with E-state index in [0.29, 0.717) is 5.41 Å². The Morgan fingerprint density at radius 2 is 1.50 bits per heavy atom. The monoisotopic (exact) mass is 176 g/mol. The van der Waals surface area contributed by atoms with Crippen LogP contribution in [0.15, 0.2) is 0 Å². The van der Waals surface area contributed by atoms with Crippen LogP contribution in [0.1, 0.15) is 53.9 Å². The lowest BCUT2D eigenvalue weighted by Crippen LogP contribution is -2.16. The first-order valence-electron chi connectivity index (χ1n) is 4.48. The Balaban J connectivity index is -0.000000405. The molecular formula is C10H28N2. The summed E-state index contributed by atoms with van der Waals surface area (Å²) >= 11 is 0. The second kappa shape index (κ2) is 7.56. The summed E-state index contributed by atoms with van der Waals surface area (Å²) in [5.74, 6) is 0.868. The molecule has 0 rings (SSSR count). The maximum Gasteiger partial charge on any atom is -0.0357 e. The molecule has 78 valence electrons. The smallest absolute Gasteiger partial charge is 0.0357 e. The van der Waals surface area contributed by atoms with Crippen molar-refractivity contribution in [2.24, 2.45) is 11.3 Å². The first kappa shape index (κ1) is 17.9. The van der Waals surface area contributed by atoms with Gasteiger partial charge in [0.25, 0.3) is 0 Å². The van der Waals surface area contributed by atoms with Gasteiger partial charge in [-0.05, 0) is 11.3 Å². The van der Waals surface area contributed by atoms with Crippen molar-refractivity contribution in [2.75, 3.05) is 0 Å². The predicted molar refractivity (Wildman–Crippen MR) is 58.2 cm³/mol. The summed E-state index contributed by atoms with van der Waals surface area (Å²) in [6, 6.07) is 0. The zero-order valence-electron chi connectivity index (χ0n) is 9.61. The van der Waals surface area contributed by atoms with Crippen molar-refractivity contribution in [1.29, 1.82) is 0 Å². The van der Waals surface area contributed by atoms with Gasteiger partial charge in [0, 0.05) is 0 Å². The van der Waals surface area contributed by atoms with Gasteiger partial charge in [0.15, 0.2) is 0 Å². The fourth-order valence-electron chi connectivity index (χ4n) is 0.943. The fourth-order valence-corrected chi connectivity index (χ4v) is 0.943. The molecular weight excluding hydrogens is 148 g/mol. The Kier molecular flexibility index (Phi) is 11.3. The molecule has 0 radical (unpaired) electrons. The maximum atomic E-state index is 2.36. The van der Waals surface area contributed by atoms with Crippen LogP contribution in [0.3, 0.4) is 0 Å². The largest absolute Gasteiger partial charge is 0.344 e. The van der Waals surface area contributed by atoms with Gasteiger partial charge in [-0.3, -0.25) is 0 Å². The number of unbranched alkanes of at least 4 members (excludes halogenated alkanes) is 1. The van der Waals surface area contributed by atoms with Crippen molar-refractivity contribution < 1.29 is 0 Å². The molecule has 0 saturated carbocycles. The van der Waals surface area contributed by atoms with Crippen LogP contribution >= 0.6 is 0 Å². The van der Waals surface area contributed by atoms with E-state index in [1.807, 2.05) is 0 Å². The number of hydrogen-bond acceptors (Lipinski definition) is 2. The van der Waals surface area contributed by atoms with Crippen LogP contribution in [0.4, 0.5) is 0 Å². The first-order chi connectivity index (χ1) is 4.48. The zero-order valence-corrected chi connectivity index (χ0v) is 9.61. The summed E-state index contributed by atoms with van der Waals surface area (Å²) in [4.78, 5) is 0. The van der Waals surface area contributed by atoms with Crippen LogP contribution in [-0.4, -0.2) is 0 Å². The summed E-state index contributed by atoms with van der Waals surface area (Å²) in [7, 11) is 0. The lowest BCUT2D eigenvalue weighted by Gasteiger charge is -2.26. The van der Waals surface area contributed by atoms with Crippen LogP contribution in [0.2, 0.25) is 0 Å². The molecule has 12 heavy (non-hydrogen) atoms.